The number of thioether (sulfide) groups is 1. The Kier molecular flexibility index (Phi) is 10.1. The highest BCUT2D eigenvalue weighted by atomic mass is 32.2. The molecule has 2 atom stereocenters. The molecule has 0 radical (unpaired) electrons. The van der Waals surface area contributed by atoms with E-state index in [4.69, 9.17) is 22.3 Å². The van der Waals surface area contributed by atoms with E-state index in [0.29, 0.717) is 28.8 Å². The van der Waals surface area contributed by atoms with E-state index < -0.39 is 0 Å². The van der Waals surface area contributed by atoms with Gasteiger partial charge in [0.05, 0.1) is 11.5 Å². The predicted octanol–water partition coefficient (Wildman–Crippen LogP) is 2.61. The van der Waals surface area contributed by atoms with Crippen LogP contribution >= 0.6 is 11.8 Å². The number of hydrogen-bond acceptors (Lipinski definition) is 8. The summed E-state index contributed by atoms with van der Waals surface area (Å²) in [5.41, 5.74) is 13.2. The van der Waals surface area contributed by atoms with Gasteiger partial charge in [-0.15, -0.1) is 0 Å². The molecule has 0 unspecified atom stereocenters. The Morgan fingerprint density at radius 2 is 1.97 bits per heavy atom. The smallest absolute Gasteiger partial charge is 0.231 e. The number of nitrogens with two attached hydrogens (primary N) is 2. The molecule has 2 rings (SSSR count). The summed E-state index contributed by atoms with van der Waals surface area (Å²) in [4.78, 5) is 27.8. The van der Waals surface area contributed by atoms with Gasteiger partial charge in [-0.25, -0.2) is 0 Å². The molecule has 1 saturated carbocycles. The van der Waals surface area contributed by atoms with Gasteiger partial charge in [-0.3, -0.25) is 25.4 Å². The molecule has 0 aromatic carbocycles. The van der Waals surface area contributed by atoms with Crippen molar-refractivity contribution in [3.05, 3.63) is 53.8 Å². The van der Waals surface area contributed by atoms with Crippen molar-refractivity contribution in [3.8, 4) is 0 Å². The first-order valence-corrected chi connectivity index (χ1v) is 11.7. The van der Waals surface area contributed by atoms with Gasteiger partial charge in [0, 0.05) is 29.4 Å². The predicted molar refractivity (Wildman–Crippen MR) is 132 cm³/mol. The zero-order chi connectivity index (χ0) is 24.4. The highest BCUT2D eigenvalue weighted by Crippen LogP contribution is 2.37. The third kappa shape index (κ3) is 9.48. The number of amidine groups is 1. The van der Waals surface area contributed by atoms with Gasteiger partial charge >= 0.3 is 0 Å². The fourth-order valence-corrected chi connectivity index (χ4v) is 4.25. The van der Waals surface area contributed by atoms with Crippen molar-refractivity contribution >= 4 is 33.8 Å². The molecule has 0 aliphatic heterocycles. The van der Waals surface area contributed by atoms with Crippen LogP contribution in [0, 0.1) is 28.6 Å². The van der Waals surface area contributed by atoms with Crippen LogP contribution in [-0.2, 0) is 16.0 Å². The number of allylic oxidation sites excluding steroid dienone is 3. The first-order chi connectivity index (χ1) is 15.6. The number of hydrogen-bond donors (Lipinski definition) is 6. The van der Waals surface area contributed by atoms with Crippen molar-refractivity contribution in [2.24, 2.45) is 29.2 Å². The summed E-state index contributed by atoms with van der Waals surface area (Å²) in [6, 6.07) is 5.33. The highest BCUT2D eigenvalue weighted by molar-refractivity contribution is 8.26. The number of pyridine rings is 1. The number of aromatic nitrogens is 1. The van der Waals surface area contributed by atoms with E-state index in [2.05, 4.69) is 15.6 Å². The second-order valence-electron chi connectivity index (χ2n) is 8.43. The maximum atomic E-state index is 12.1. The molecule has 8 N–H and O–H groups in total. The molecule has 9 nitrogen and oxygen atoms in total. The molecule has 0 spiro atoms. The lowest BCUT2D eigenvalue weighted by Gasteiger charge is -2.13. The minimum atomic E-state index is -0.321. The van der Waals surface area contributed by atoms with Crippen molar-refractivity contribution in [2.75, 3.05) is 0 Å². The SMILES string of the molecule is CC(C)C(=O)N/C(N)=C/C=C(\N)C[C@@H]1CC[C@H](C(=N)SC(=N)NC(=O)Cc2ccccn2)C1. The number of rotatable bonds is 8. The van der Waals surface area contributed by atoms with Crippen LogP contribution in [0.5, 0.6) is 0 Å². The quantitative estimate of drug-likeness (QED) is 0.193. The Morgan fingerprint density at radius 3 is 2.64 bits per heavy atom. The van der Waals surface area contributed by atoms with Crippen LogP contribution in [0.4, 0.5) is 0 Å². The van der Waals surface area contributed by atoms with E-state index in [-0.39, 0.29) is 41.1 Å². The van der Waals surface area contributed by atoms with Crippen LogP contribution < -0.4 is 22.1 Å². The molecule has 1 aromatic rings. The molecular formula is C23H33N7O2S. The zero-order valence-electron chi connectivity index (χ0n) is 19.1. The Labute approximate surface area is 198 Å². The molecule has 1 heterocycles. The standard InChI is InChI=1S/C23H33N7O2S/c1-14(2)22(32)29-19(25)9-8-17(24)12-15-6-7-16(11-15)21(26)33-23(27)30-20(31)13-18-5-3-4-10-28-18/h3-5,8-10,14-16,26H,6-7,11-13,24-25H2,1-2H3,(H,29,32)(H2,27,30,31)/b17-8-,19-9+,26-21?/t15-,16+/m1/s1. The Morgan fingerprint density at radius 1 is 1.21 bits per heavy atom. The lowest BCUT2D eigenvalue weighted by atomic mass is 10.00. The van der Waals surface area contributed by atoms with Gasteiger partial charge in [0.1, 0.15) is 5.82 Å². The Bertz CT molecular complexity index is 928. The molecule has 1 fully saturated rings. The van der Waals surface area contributed by atoms with E-state index in [0.717, 1.165) is 31.0 Å². The third-order valence-corrected chi connectivity index (χ3v) is 6.10. The fourth-order valence-electron chi connectivity index (χ4n) is 3.48. The lowest BCUT2D eigenvalue weighted by molar-refractivity contribution is -0.123. The van der Waals surface area contributed by atoms with Crippen LogP contribution in [0.2, 0.25) is 0 Å². The van der Waals surface area contributed by atoms with Gasteiger partial charge < -0.3 is 22.1 Å². The molecule has 0 saturated heterocycles. The number of nitrogens with one attached hydrogen (secondary N) is 4. The second kappa shape index (κ2) is 12.8. The summed E-state index contributed by atoms with van der Waals surface area (Å²) < 4.78 is 0. The highest BCUT2D eigenvalue weighted by Gasteiger charge is 2.29. The number of amides is 2. The normalized spacial score (nSPS) is 18.8. The van der Waals surface area contributed by atoms with Crippen molar-refractivity contribution < 1.29 is 9.59 Å². The molecular weight excluding hydrogens is 438 g/mol. The molecule has 33 heavy (non-hydrogen) atoms. The van der Waals surface area contributed by atoms with E-state index in [1.807, 2.05) is 0 Å². The van der Waals surface area contributed by atoms with Gasteiger partial charge in [-0.05, 0) is 67.6 Å². The van der Waals surface area contributed by atoms with E-state index in [1.165, 1.54) is 0 Å². The molecule has 10 heteroatoms. The largest absolute Gasteiger partial charge is 0.402 e. The van der Waals surface area contributed by atoms with Crippen molar-refractivity contribution in [2.45, 2.75) is 46.0 Å². The minimum absolute atomic E-state index is 0.0479. The van der Waals surface area contributed by atoms with Gasteiger partial charge in [0.15, 0.2) is 5.17 Å². The maximum Gasteiger partial charge on any atom is 0.231 e. The van der Waals surface area contributed by atoms with E-state index in [9.17, 15) is 9.59 Å². The second-order valence-corrected chi connectivity index (χ2v) is 9.48. The molecule has 2 amide bonds. The molecule has 1 aromatic heterocycles. The monoisotopic (exact) mass is 471 g/mol. The zero-order valence-corrected chi connectivity index (χ0v) is 19.9. The Balaban J connectivity index is 1.75. The summed E-state index contributed by atoms with van der Waals surface area (Å²) >= 11 is 0.981. The van der Waals surface area contributed by atoms with Crippen LogP contribution in [0.3, 0.4) is 0 Å². The van der Waals surface area contributed by atoms with Gasteiger partial charge in [0.2, 0.25) is 11.8 Å². The van der Waals surface area contributed by atoms with Crippen molar-refractivity contribution in [3.63, 3.8) is 0 Å². The summed E-state index contributed by atoms with van der Waals surface area (Å²) in [5, 5.41) is 21.8. The van der Waals surface area contributed by atoms with Gasteiger partial charge in [0.25, 0.3) is 0 Å². The van der Waals surface area contributed by atoms with Crippen molar-refractivity contribution in [1.29, 1.82) is 10.8 Å². The number of nitrogens with zero attached hydrogens (tertiary/aromatic N) is 1. The lowest BCUT2D eigenvalue weighted by Crippen LogP contribution is -2.30. The first-order valence-electron chi connectivity index (χ1n) is 10.9. The van der Waals surface area contributed by atoms with Crippen LogP contribution in [0.1, 0.15) is 45.2 Å². The molecule has 0 bridgehead atoms. The summed E-state index contributed by atoms with van der Waals surface area (Å²) in [6.07, 6.45) is 8.27. The van der Waals surface area contributed by atoms with Crippen LogP contribution in [0.15, 0.2) is 48.1 Å². The molecule has 178 valence electrons. The topological polar surface area (TPSA) is 171 Å². The minimum Gasteiger partial charge on any atom is -0.402 e. The third-order valence-electron chi connectivity index (χ3n) is 5.24. The number of carbonyl (C=O) groups excluding carboxylic acids is 2. The summed E-state index contributed by atoms with van der Waals surface area (Å²) in [6.45, 7) is 3.58. The van der Waals surface area contributed by atoms with E-state index >= 15 is 0 Å². The molecule has 1 aliphatic rings. The maximum absolute atomic E-state index is 12.1. The fraction of sp³-hybridized carbons (Fsp3) is 0.435. The van der Waals surface area contributed by atoms with Crippen molar-refractivity contribution in [1.82, 2.24) is 15.6 Å². The number of carbonyl (C=O) groups is 2. The van der Waals surface area contributed by atoms with Gasteiger partial charge in [-0.1, -0.05) is 19.9 Å². The Hall–Kier alpha value is -3.14. The first kappa shape index (κ1) is 26.1. The summed E-state index contributed by atoms with van der Waals surface area (Å²) in [7, 11) is 0. The summed E-state index contributed by atoms with van der Waals surface area (Å²) in [5.74, 6) is 0.00839. The van der Waals surface area contributed by atoms with E-state index in [1.54, 1.807) is 50.4 Å². The molecule has 1 aliphatic carbocycles. The average molecular weight is 472 g/mol. The van der Waals surface area contributed by atoms with Crippen LogP contribution in [0.25, 0.3) is 0 Å². The van der Waals surface area contributed by atoms with Gasteiger partial charge in [-0.2, -0.15) is 0 Å². The average Bonchev–Trinajstić information content (AvgIpc) is 3.21. The van der Waals surface area contributed by atoms with Crippen LogP contribution in [-0.4, -0.2) is 27.0 Å².